The average molecular weight is 445 g/mol. The van der Waals surface area contributed by atoms with Crippen molar-refractivity contribution >= 4 is 18.7 Å². The molecule has 1 amide bonds. The highest BCUT2D eigenvalue weighted by Gasteiger charge is 2.53. The summed E-state index contributed by atoms with van der Waals surface area (Å²) in [7, 11) is -0.492. The Hall–Kier alpha value is -1.61. The Bertz CT molecular complexity index is 849. The van der Waals surface area contributed by atoms with Crippen LogP contribution in [-0.4, -0.2) is 65.3 Å². The lowest BCUT2D eigenvalue weighted by Gasteiger charge is -2.51. The summed E-state index contributed by atoms with van der Waals surface area (Å²) in [6.07, 6.45) is 0.425. The Balaban J connectivity index is 1.57. The molecule has 0 radical (unpaired) electrons. The molecule has 0 saturated carbocycles. The van der Waals surface area contributed by atoms with Crippen LogP contribution in [0.15, 0.2) is 24.3 Å². The summed E-state index contributed by atoms with van der Waals surface area (Å²) in [4.78, 5) is 14.6. The molecule has 3 saturated heterocycles. The fourth-order valence-electron chi connectivity index (χ4n) is 4.78. The molecule has 7 nitrogen and oxygen atoms in total. The third kappa shape index (κ3) is 4.30. The minimum atomic E-state index is -1.07. The van der Waals surface area contributed by atoms with E-state index in [2.05, 4.69) is 0 Å². The van der Waals surface area contributed by atoms with Crippen LogP contribution in [0.1, 0.15) is 66.9 Å². The second kappa shape index (κ2) is 7.72. The van der Waals surface area contributed by atoms with Gasteiger partial charge in [0.15, 0.2) is 0 Å². The van der Waals surface area contributed by atoms with Crippen LogP contribution >= 0.6 is 0 Å². The average Bonchev–Trinajstić information content (AvgIpc) is 2.87. The molecule has 3 aliphatic rings. The number of carbonyl (C=O) groups is 1. The van der Waals surface area contributed by atoms with Crippen LogP contribution in [-0.2, 0) is 24.4 Å². The standard InChI is InChI=1S/C24H36BNO6/c1-21(2,3)30-20(27)26-18-12-24(28,13-19(26)15-29-14-18)16-9-8-10-17(11-16)25-31-22(4,5)23(6,7)32-25/h8-11,18-19,28H,12-15H2,1-7H3. The SMILES string of the molecule is CC(C)(C)OC(=O)N1C2COCC1CC(O)(c1cccc(B3OC(C)(C)C(C)(C)O3)c1)C2. The van der Waals surface area contributed by atoms with Gasteiger partial charge >= 0.3 is 13.2 Å². The summed E-state index contributed by atoms with van der Waals surface area (Å²) >= 11 is 0. The normalized spacial score (nSPS) is 31.5. The molecule has 0 aliphatic carbocycles. The summed E-state index contributed by atoms with van der Waals surface area (Å²) in [5.41, 5.74) is -0.819. The van der Waals surface area contributed by atoms with E-state index >= 15 is 0 Å². The van der Waals surface area contributed by atoms with Gasteiger partial charge < -0.3 is 23.9 Å². The maximum Gasteiger partial charge on any atom is 0.494 e. The lowest BCUT2D eigenvalue weighted by atomic mass is 9.73. The first-order valence-electron chi connectivity index (χ1n) is 11.5. The molecule has 1 aromatic rings. The van der Waals surface area contributed by atoms with Crippen molar-refractivity contribution in [2.75, 3.05) is 13.2 Å². The molecule has 4 rings (SSSR count). The summed E-state index contributed by atoms with van der Waals surface area (Å²) < 4.78 is 23.8. The Kier molecular flexibility index (Phi) is 5.68. The molecular formula is C24H36BNO6. The highest BCUT2D eigenvalue weighted by Crippen LogP contribution is 2.42. The number of hydrogen-bond acceptors (Lipinski definition) is 6. The lowest BCUT2D eigenvalue weighted by molar-refractivity contribution is -0.141. The van der Waals surface area contributed by atoms with Gasteiger partial charge in [0.25, 0.3) is 0 Å². The second-order valence-corrected chi connectivity index (χ2v) is 11.4. The van der Waals surface area contributed by atoms with E-state index in [1.54, 1.807) is 4.90 Å². The highest BCUT2D eigenvalue weighted by molar-refractivity contribution is 6.62. The van der Waals surface area contributed by atoms with E-state index in [4.69, 9.17) is 18.8 Å². The van der Waals surface area contributed by atoms with Crippen molar-refractivity contribution < 1.29 is 28.7 Å². The Labute approximate surface area is 191 Å². The smallest absolute Gasteiger partial charge is 0.444 e. The van der Waals surface area contributed by atoms with Crippen LogP contribution in [0.4, 0.5) is 4.79 Å². The number of fused-ring (bicyclic) bond motifs is 2. The lowest BCUT2D eigenvalue weighted by Crippen LogP contribution is -2.63. The topological polar surface area (TPSA) is 77.5 Å². The van der Waals surface area contributed by atoms with Crippen LogP contribution < -0.4 is 5.46 Å². The molecule has 8 heteroatoms. The van der Waals surface area contributed by atoms with Crippen LogP contribution in [0.3, 0.4) is 0 Å². The van der Waals surface area contributed by atoms with Gasteiger partial charge in [-0.05, 0) is 59.5 Å². The molecule has 2 bridgehead atoms. The minimum Gasteiger partial charge on any atom is -0.444 e. The molecule has 3 heterocycles. The number of hydrogen-bond donors (Lipinski definition) is 1. The third-order valence-electron chi connectivity index (χ3n) is 7.11. The molecule has 2 atom stereocenters. The first kappa shape index (κ1) is 23.5. The van der Waals surface area contributed by atoms with Crippen molar-refractivity contribution in [2.24, 2.45) is 0 Å². The van der Waals surface area contributed by atoms with Gasteiger partial charge in [0.05, 0.1) is 42.1 Å². The monoisotopic (exact) mass is 445 g/mol. The van der Waals surface area contributed by atoms with Gasteiger partial charge in [-0.15, -0.1) is 0 Å². The molecule has 32 heavy (non-hydrogen) atoms. The van der Waals surface area contributed by atoms with Crippen molar-refractivity contribution in [3.8, 4) is 0 Å². The molecule has 176 valence electrons. The Morgan fingerprint density at radius 2 is 1.66 bits per heavy atom. The molecule has 3 aliphatic heterocycles. The van der Waals surface area contributed by atoms with Gasteiger partial charge in [0.2, 0.25) is 0 Å². The molecule has 3 fully saturated rings. The maximum absolute atomic E-state index is 12.9. The number of morpholine rings is 1. The zero-order chi connectivity index (χ0) is 23.5. The molecule has 1 aromatic carbocycles. The largest absolute Gasteiger partial charge is 0.494 e. The van der Waals surface area contributed by atoms with E-state index in [1.165, 1.54) is 0 Å². The van der Waals surface area contributed by atoms with E-state index in [0.29, 0.717) is 26.1 Å². The first-order chi connectivity index (χ1) is 14.7. The van der Waals surface area contributed by atoms with Gasteiger partial charge in [0.1, 0.15) is 5.60 Å². The number of piperidine rings is 1. The van der Waals surface area contributed by atoms with E-state index in [-0.39, 0.29) is 18.2 Å². The maximum atomic E-state index is 12.9. The van der Waals surface area contributed by atoms with Crippen molar-refractivity contribution in [3.05, 3.63) is 29.8 Å². The van der Waals surface area contributed by atoms with E-state index < -0.39 is 29.5 Å². The number of amides is 1. The van der Waals surface area contributed by atoms with Crippen LogP contribution in [0.5, 0.6) is 0 Å². The number of benzene rings is 1. The van der Waals surface area contributed by atoms with E-state index in [0.717, 1.165) is 11.0 Å². The number of aliphatic hydroxyl groups is 1. The Morgan fingerprint density at radius 3 is 2.19 bits per heavy atom. The first-order valence-corrected chi connectivity index (χ1v) is 11.5. The number of carbonyl (C=O) groups excluding carboxylic acids is 1. The zero-order valence-corrected chi connectivity index (χ0v) is 20.3. The number of ether oxygens (including phenoxy) is 2. The molecule has 2 unspecified atom stereocenters. The van der Waals surface area contributed by atoms with Crippen molar-refractivity contribution in [2.45, 2.75) is 95.8 Å². The molecule has 0 spiro atoms. The summed E-state index contributed by atoms with van der Waals surface area (Å²) in [6.45, 7) is 14.5. The highest BCUT2D eigenvalue weighted by atomic mass is 16.7. The predicted octanol–water partition coefficient (Wildman–Crippen LogP) is 2.97. The molecule has 0 aromatic heterocycles. The fraction of sp³-hybridized carbons (Fsp3) is 0.708. The van der Waals surface area contributed by atoms with Crippen molar-refractivity contribution in [3.63, 3.8) is 0 Å². The second-order valence-electron chi connectivity index (χ2n) is 11.4. The van der Waals surface area contributed by atoms with Gasteiger partial charge in [-0.1, -0.05) is 24.3 Å². The Morgan fingerprint density at radius 1 is 1.09 bits per heavy atom. The molecule has 1 N–H and O–H groups in total. The van der Waals surface area contributed by atoms with Crippen LogP contribution in [0, 0.1) is 0 Å². The van der Waals surface area contributed by atoms with Crippen LogP contribution in [0.2, 0.25) is 0 Å². The number of nitrogens with zero attached hydrogens (tertiary/aromatic N) is 1. The minimum absolute atomic E-state index is 0.247. The summed E-state index contributed by atoms with van der Waals surface area (Å²) in [6, 6.07) is 7.32. The quantitative estimate of drug-likeness (QED) is 0.706. The van der Waals surface area contributed by atoms with E-state index in [1.807, 2.05) is 72.7 Å². The van der Waals surface area contributed by atoms with Gasteiger partial charge in [0, 0.05) is 12.8 Å². The summed E-state index contributed by atoms with van der Waals surface area (Å²) in [5, 5.41) is 11.7. The predicted molar refractivity (Wildman–Crippen MR) is 122 cm³/mol. The van der Waals surface area contributed by atoms with Gasteiger partial charge in [-0.2, -0.15) is 0 Å². The van der Waals surface area contributed by atoms with Crippen molar-refractivity contribution in [1.29, 1.82) is 0 Å². The molecular weight excluding hydrogens is 409 g/mol. The van der Waals surface area contributed by atoms with Crippen molar-refractivity contribution in [1.82, 2.24) is 4.90 Å². The summed E-state index contributed by atoms with van der Waals surface area (Å²) in [5.74, 6) is 0. The fourth-order valence-corrected chi connectivity index (χ4v) is 4.78. The zero-order valence-electron chi connectivity index (χ0n) is 20.3. The van der Waals surface area contributed by atoms with Gasteiger partial charge in [-0.25, -0.2) is 4.79 Å². The number of rotatable bonds is 2. The van der Waals surface area contributed by atoms with Gasteiger partial charge in [-0.3, -0.25) is 4.90 Å². The van der Waals surface area contributed by atoms with Crippen LogP contribution in [0.25, 0.3) is 0 Å². The van der Waals surface area contributed by atoms with E-state index in [9.17, 15) is 9.90 Å². The third-order valence-corrected chi connectivity index (χ3v) is 7.11.